The maximum absolute atomic E-state index is 12.3. The van der Waals surface area contributed by atoms with Gasteiger partial charge in [0, 0.05) is 11.4 Å². The van der Waals surface area contributed by atoms with E-state index < -0.39 is 18.1 Å². The lowest BCUT2D eigenvalue weighted by Crippen LogP contribution is -2.46. The molecule has 5 nitrogen and oxygen atoms in total. The van der Waals surface area contributed by atoms with E-state index in [0.717, 1.165) is 11.3 Å². The number of hydrogen-bond donors (Lipinski definition) is 1. The Labute approximate surface area is 128 Å². The Bertz CT molecular complexity index is 517. The van der Waals surface area contributed by atoms with Gasteiger partial charge in [0.1, 0.15) is 11.8 Å². The predicted octanol–water partition coefficient (Wildman–Crippen LogP) is 2.25. The molecule has 0 radical (unpaired) electrons. The summed E-state index contributed by atoms with van der Waals surface area (Å²) < 4.78 is 5.62. The van der Waals surface area contributed by atoms with Crippen molar-refractivity contribution in [3.8, 4) is 5.75 Å². The minimum absolute atomic E-state index is 0.270. The molecule has 1 aliphatic heterocycles. The standard InChI is InChI=1S/C15H19NO4S/c1-10(20-11-5-7-12(21-2)8-6-11)14(17)16-9-3-4-13(16)15(18)19/h5-8,10,13H,3-4,9H2,1-2H3,(H,18,19)/t10?,13-/m0/s1. The number of amides is 1. The van der Waals surface area contributed by atoms with Gasteiger partial charge in [0.15, 0.2) is 6.10 Å². The minimum Gasteiger partial charge on any atom is -0.481 e. The molecular formula is C15H19NO4S. The number of benzene rings is 1. The topological polar surface area (TPSA) is 66.8 Å². The summed E-state index contributed by atoms with van der Waals surface area (Å²) in [5.74, 6) is -0.606. The summed E-state index contributed by atoms with van der Waals surface area (Å²) in [6.07, 6.45) is 2.53. The van der Waals surface area contributed by atoms with E-state index in [0.29, 0.717) is 18.7 Å². The summed E-state index contributed by atoms with van der Waals surface area (Å²) in [6.45, 7) is 2.14. The molecule has 21 heavy (non-hydrogen) atoms. The number of carbonyl (C=O) groups excluding carboxylic acids is 1. The van der Waals surface area contributed by atoms with Gasteiger partial charge >= 0.3 is 5.97 Å². The van der Waals surface area contributed by atoms with Crippen LogP contribution in [-0.4, -0.2) is 46.8 Å². The van der Waals surface area contributed by atoms with Gasteiger partial charge in [-0.3, -0.25) is 4.79 Å². The fourth-order valence-electron chi connectivity index (χ4n) is 2.43. The Balaban J connectivity index is 2.00. The largest absolute Gasteiger partial charge is 0.481 e. The second-order valence-electron chi connectivity index (χ2n) is 4.96. The zero-order valence-electron chi connectivity index (χ0n) is 12.1. The van der Waals surface area contributed by atoms with Gasteiger partial charge in [0.2, 0.25) is 0 Å². The number of carbonyl (C=O) groups is 2. The van der Waals surface area contributed by atoms with Gasteiger partial charge < -0.3 is 14.7 Å². The van der Waals surface area contributed by atoms with Crippen molar-refractivity contribution >= 4 is 23.6 Å². The monoisotopic (exact) mass is 309 g/mol. The van der Waals surface area contributed by atoms with E-state index in [-0.39, 0.29) is 5.91 Å². The van der Waals surface area contributed by atoms with Crippen molar-refractivity contribution in [3.63, 3.8) is 0 Å². The Hall–Kier alpha value is -1.69. The lowest BCUT2D eigenvalue weighted by atomic mass is 10.2. The highest BCUT2D eigenvalue weighted by atomic mass is 32.2. The van der Waals surface area contributed by atoms with Crippen molar-refractivity contribution in [3.05, 3.63) is 24.3 Å². The van der Waals surface area contributed by atoms with Crippen LogP contribution in [0.5, 0.6) is 5.75 Å². The van der Waals surface area contributed by atoms with Crippen LogP contribution in [0.1, 0.15) is 19.8 Å². The van der Waals surface area contributed by atoms with E-state index in [1.165, 1.54) is 4.90 Å². The van der Waals surface area contributed by atoms with E-state index in [4.69, 9.17) is 9.84 Å². The fourth-order valence-corrected chi connectivity index (χ4v) is 2.84. The van der Waals surface area contributed by atoms with Gasteiger partial charge in [-0.25, -0.2) is 4.79 Å². The Morgan fingerprint density at radius 2 is 2.05 bits per heavy atom. The molecule has 2 rings (SSSR count). The van der Waals surface area contributed by atoms with E-state index in [9.17, 15) is 9.59 Å². The number of thioether (sulfide) groups is 1. The smallest absolute Gasteiger partial charge is 0.326 e. The Morgan fingerprint density at radius 3 is 2.62 bits per heavy atom. The number of aliphatic carboxylic acids is 1. The van der Waals surface area contributed by atoms with Gasteiger partial charge in [-0.1, -0.05) is 0 Å². The van der Waals surface area contributed by atoms with Gasteiger partial charge in [0.05, 0.1) is 0 Å². The lowest BCUT2D eigenvalue weighted by molar-refractivity contribution is -0.150. The molecule has 1 heterocycles. The average molecular weight is 309 g/mol. The van der Waals surface area contributed by atoms with E-state index >= 15 is 0 Å². The number of hydrogen-bond acceptors (Lipinski definition) is 4. The molecule has 1 aliphatic rings. The van der Waals surface area contributed by atoms with E-state index in [1.54, 1.807) is 18.7 Å². The van der Waals surface area contributed by atoms with Crippen LogP contribution >= 0.6 is 11.8 Å². The first-order valence-electron chi connectivity index (χ1n) is 6.87. The molecule has 1 fully saturated rings. The molecule has 1 N–H and O–H groups in total. The summed E-state index contributed by atoms with van der Waals surface area (Å²) in [5, 5.41) is 9.12. The summed E-state index contributed by atoms with van der Waals surface area (Å²) in [4.78, 5) is 26.0. The first-order chi connectivity index (χ1) is 10.0. The number of carboxylic acid groups (broad SMARTS) is 1. The molecule has 0 aliphatic carbocycles. The molecule has 0 bridgehead atoms. The van der Waals surface area contributed by atoms with Crippen molar-refractivity contribution in [1.29, 1.82) is 0 Å². The molecule has 1 amide bonds. The normalized spacial score (nSPS) is 19.3. The SMILES string of the molecule is CSc1ccc(OC(C)C(=O)N2CCC[C@H]2C(=O)O)cc1. The van der Waals surface area contributed by atoms with Crippen molar-refractivity contribution in [1.82, 2.24) is 4.90 Å². The Kier molecular flexibility index (Phi) is 5.12. The van der Waals surface area contributed by atoms with Gasteiger partial charge in [-0.15, -0.1) is 11.8 Å². The van der Waals surface area contributed by atoms with Crippen molar-refractivity contribution < 1.29 is 19.4 Å². The molecule has 0 saturated carbocycles. The second kappa shape index (κ2) is 6.85. The maximum Gasteiger partial charge on any atom is 0.326 e. The van der Waals surface area contributed by atoms with E-state index in [1.807, 2.05) is 30.5 Å². The quantitative estimate of drug-likeness (QED) is 0.845. The van der Waals surface area contributed by atoms with Crippen LogP contribution < -0.4 is 4.74 Å². The fraction of sp³-hybridized carbons (Fsp3) is 0.467. The summed E-state index contributed by atoms with van der Waals surface area (Å²) in [5.41, 5.74) is 0. The van der Waals surface area contributed by atoms with Gasteiger partial charge in [-0.05, 0) is 50.3 Å². The van der Waals surface area contributed by atoms with Crippen LogP contribution in [0.4, 0.5) is 0 Å². The van der Waals surface area contributed by atoms with Gasteiger partial charge in [-0.2, -0.15) is 0 Å². The molecule has 2 atom stereocenters. The van der Waals surface area contributed by atoms with Crippen LogP contribution in [0.25, 0.3) is 0 Å². The molecular weight excluding hydrogens is 290 g/mol. The third kappa shape index (κ3) is 3.69. The molecule has 0 spiro atoms. The number of nitrogens with zero attached hydrogens (tertiary/aromatic N) is 1. The molecule has 114 valence electrons. The third-order valence-electron chi connectivity index (χ3n) is 3.54. The zero-order chi connectivity index (χ0) is 15.4. The van der Waals surface area contributed by atoms with E-state index in [2.05, 4.69) is 0 Å². The second-order valence-corrected chi connectivity index (χ2v) is 5.84. The van der Waals surface area contributed by atoms with Crippen molar-refractivity contribution in [2.24, 2.45) is 0 Å². The van der Waals surface area contributed by atoms with Crippen LogP contribution in [-0.2, 0) is 9.59 Å². The first-order valence-corrected chi connectivity index (χ1v) is 8.09. The van der Waals surface area contributed by atoms with Crippen LogP contribution in [0.2, 0.25) is 0 Å². The molecule has 1 unspecified atom stereocenters. The predicted molar refractivity (Wildman–Crippen MR) is 80.7 cm³/mol. The Morgan fingerprint density at radius 1 is 1.38 bits per heavy atom. The number of carboxylic acids is 1. The van der Waals surface area contributed by atoms with Crippen molar-refractivity contribution in [2.45, 2.75) is 36.8 Å². The highest BCUT2D eigenvalue weighted by Crippen LogP contribution is 2.22. The highest BCUT2D eigenvalue weighted by molar-refractivity contribution is 7.98. The summed E-state index contributed by atoms with van der Waals surface area (Å²) in [7, 11) is 0. The first kappa shape index (κ1) is 15.7. The number of ether oxygens (including phenoxy) is 1. The number of likely N-dealkylation sites (tertiary alicyclic amines) is 1. The van der Waals surface area contributed by atoms with Crippen LogP contribution in [0, 0.1) is 0 Å². The minimum atomic E-state index is -0.947. The third-order valence-corrected chi connectivity index (χ3v) is 4.28. The average Bonchev–Trinajstić information content (AvgIpc) is 2.96. The maximum atomic E-state index is 12.3. The summed E-state index contributed by atoms with van der Waals surface area (Å²) in [6, 6.07) is 6.75. The van der Waals surface area contributed by atoms with Gasteiger partial charge in [0.25, 0.3) is 5.91 Å². The zero-order valence-corrected chi connectivity index (χ0v) is 12.9. The number of rotatable bonds is 5. The summed E-state index contributed by atoms with van der Waals surface area (Å²) >= 11 is 1.63. The molecule has 6 heteroatoms. The van der Waals surface area contributed by atoms with Crippen LogP contribution in [0.3, 0.4) is 0 Å². The molecule has 1 aromatic rings. The molecule has 1 saturated heterocycles. The molecule has 1 aromatic carbocycles. The lowest BCUT2D eigenvalue weighted by Gasteiger charge is -2.25. The van der Waals surface area contributed by atoms with Crippen molar-refractivity contribution in [2.75, 3.05) is 12.8 Å². The highest BCUT2D eigenvalue weighted by Gasteiger charge is 2.36. The van der Waals surface area contributed by atoms with Crippen LogP contribution in [0.15, 0.2) is 29.2 Å². The molecule has 0 aromatic heterocycles.